The first kappa shape index (κ1) is 14.5. The first-order valence-corrected chi connectivity index (χ1v) is 7.37. The molecular weight excluding hydrogens is 238 g/mol. The van der Waals surface area contributed by atoms with Crippen LogP contribution in [-0.2, 0) is 13.5 Å². The molecule has 0 aromatic carbocycles. The summed E-state index contributed by atoms with van der Waals surface area (Å²) in [4.78, 5) is 9.45. The van der Waals surface area contributed by atoms with Crippen molar-refractivity contribution in [3.05, 3.63) is 18.2 Å². The lowest BCUT2D eigenvalue weighted by Gasteiger charge is -2.38. The summed E-state index contributed by atoms with van der Waals surface area (Å²) in [7, 11) is 2.06. The maximum absolute atomic E-state index is 5.82. The van der Waals surface area contributed by atoms with Crippen molar-refractivity contribution in [3.8, 4) is 0 Å². The van der Waals surface area contributed by atoms with Crippen LogP contribution >= 0.6 is 0 Å². The van der Waals surface area contributed by atoms with Gasteiger partial charge in [-0.3, -0.25) is 4.90 Å². The number of piperazine rings is 1. The van der Waals surface area contributed by atoms with Gasteiger partial charge in [-0.1, -0.05) is 6.92 Å². The van der Waals surface area contributed by atoms with Gasteiger partial charge in [0.25, 0.3) is 0 Å². The quantitative estimate of drug-likeness (QED) is 0.805. The molecule has 0 radical (unpaired) electrons. The molecule has 5 nitrogen and oxygen atoms in total. The van der Waals surface area contributed by atoms with Crippen LogP contribution in [0.4, 0.5) is 0 Å². The molecule has 1 aliphatic rings. The second kappa shape index (κ2) is 7.03. The Bertz CT molecular complexity index is 364. The molecule has 1 aromatic rings. The van der Waals surface area contributed by atoms with E-state index in [1.807, 2.05) is 12.4 Å². The molecule has 5 heteroatoms. The molecule has 0 aliphatic carbocycles. The van der Waals surface area contributed by atoms with Gasteiger partial charge in [0.05, 0.1) is 0 Å². The first-order valence-electron chi connectivity index (χ1n) is 7.37. The Kier molecular flexibility index (Phi) is 5.36. The molecule has 1 fully saturated rings. The van der Waals surface area contributed by atoms with Crippen LogP contribution in [0.5, 0.6) is 0 Å². The van der Waals surface area contributed by atoms with Crippen LogP contribution in [0.15, 0.2) is 12.4 Å². The Labute approximate surface area is 116 Å². The van der Waals surface area contributed by atoms with Gasteiger partial charge in [-0.2, -0.15) is 0 Å². The van der Waals surface area contributed by atoms with Gasteiger partial charge in [0, 0.05) is 71.2 Å². The van der Waals surface area contributed by atoms with Crippen LogP contribution in [0.1, 0.15) is 19.2 Å². The number of rotatable bonds is 6. The van der Waals surface area contributed by atoms with Crippen molar-refractivity contribution in [2.45, 2.75) is 25.8 Å². The summed E-state index contributed by atoms with van der Waals surface area (Å²) < 4.78 is 2.11. The van der Waals surface area contributed by atoms with Crippen LogP contribution in [-0.4, -0.2) is 64.7 Å². The van der Waals surface area contributed by atoms with Crippen molar-refractivity contribution < 1.29 is 0 Å². The molecule has 2 rings (SSSR count). The first-order chi connectivity index (χ1) is 9.24. The number of imidazole rings is 1. The SMILES string of the molecule is CCC(CN)N1CCN(CCc2nccn2C)CC1. The fourth-order valence-electron chi connectivity index (χ4n) is 2.82. The van der Waals surface area contributed by atoms with Crippen LogP contribution in [0.2, 0.25) is 0 Å². The topological polar surface area (TPSA) is 50.3 Å². The van der Waals surface area contributed by atoms with E-state index in [1.165, 1.54) is 5.82 Å². The van der Waals surface area contributed by atoms with E-state index in [0.717, 1.165) is 52.1 Å². The molecule has 0 spiro atoms. The second-order valence-corrected chi connectivity index (χ2v) is 5.38. The molecule has 0 amide bonds. The molecular formula is C14H27N5. The number of aromatic nitrogens is 2. The lowest BCUT2D eigenvalue weighted by molar-refractivity contribution is 0.0971. The second-order valence-electron chi connectivity index (χ2n) is 5.38. The predicted octanol–water partition coefficient (Wildman–Crippen LogP) is 0.318. The van der Waals surface area contributed by atoms with Crippen molar-refractivity contribution in [3.63, 3.8) is 0 Å². The largest absolute Gasteiger partial charge is 0.338 e. The average molecular weight is 265 g/mol. The molecule has 1 unspecified atom stereocenters. The number of hydrogen-bond donors (Lipinski definition) is 1. The van der Waals surface area contributed by atoms with Gasteiger partial charge in [-0.15, -0.1) is 0 Å². The monoisotopic (exact) mass is 265 g/mol. The van der Waals surface area contributed by atoms with E-state index >= 15 is 0 Å². The highest BCUT2D eigenvalue weighted by atomic mass is 15.3. The summed E-state index contributed by atoms with van der Waals surface area (Å²) in [6.45, 7) is 8.72. The van der Waals surface area contributed by atoms with E-state index in [4.69, 9.17) is 5.73 Å². The summed E-state index contributed by atoms with van der Waals surface area (Å²) in [5.74, 6) is 1.18. The number of nitrogens with zero attached hydrogens (tertiary/aromatic N) is 4. The lowest BCUT2D eigenvalue weighted by Crippen LogP contribution is -2.52. The third-order valence-electron chi connectivity index (χ3n) is 4.24. The van der Waals surface area contributed by atoms with Gasteiger partial charge >= 0.3 is 0 Å². The van der Waals surface area contributed by atoms with Gasteiger partial charge in [0.2, 0.25) is 0 Å². The minimum atomic E-state index is 0.566. The molecule has 0 saturated carbocycles. The Hall–Kier alpha value is -0.910. The molecule has 2 heterocycles. The summed E-state index contributed by atoms with van der Waals surface area (Å²) in [5.41, 5.74) is 5.82. The third kappa shape index (κ3) is 3.78. The van der Waals surface area contributed by atoms with Gasteiger partial charge in [0.15, 0.2) is 0 Å². The Morgan fingerprint density at radius 1 is 1.32 bits per heavy atom. The third-order valence-corrected chi connectivity index (χ3v) is 4.24. The van der Waals surface area contributed by atoms with E-state index in [9.17, 15) is 0 Å². The van der Waals surface area contributed by atoms with E-state index in [1.54, 1.807) is 0 Å². The Morgan fingerprint density at radius 3 is 2.58 bits per heavy atom. The van der Waals surface area contributed by atoms with Gasteiger partial charge in [0.1, 0.15) is 5.82 Å². The van der Waals surface area contributed by atoms with E-state index < -0.39 is 0 Å². The Morgan fingerprint density at radius 2 is 2.05 bits per heavy atom. The zero-order valence-corrected chi connectivity index (χ0v) is 12.3. The van der Waals surface area contributed by atoms with Gasteiger partial charge in [-0.25, -0.2) is 4.98 Å². The minimum absolute atomic E-state index is 0.566. The van der Waals surface area contributed by atoms with E-state index in [2.05, 4.69) is 33.3 Å². The molecule has 19 heavy (non-hydrogen) atoms. The molecule has 1 aliphatic heterocycles. The van der Waals surface area contributed by atoms with Crippen LogP contribution in [0.3, 0.4) is 0 Å². The fourth-order valence-corrected chi connectivity index (χ4v) is 2.82. The summed E-state index contributed by atoms with van der Waals surface area (Å²) in [5, 5.41) is 0. The number of aryl methyl sites for hydroxylation is 1. The van der Waals surface area contributed by atoms with Crippen LogP contribution < -0.4 is 5.73 Å². The van der Waals surface area contributed by atoms with Crippen molar-refractivity contribution in [2.75, 3.05) is 39.3 Å². The lowest BCUT2D eigenvalue weighted by atomic mass is 10.1. The molecule has 0 bridgehead atoms. The molecule has 2 N–H and O–H groups in total. The average Bonchev–Trinajstić information content (AvgIpc) is 2.85. The predicted molar refractivity (Wildman–Crippen MR) is 78.1 cm³/mol. The summed E-state index contributed by atoms with van der Waals surface area (Å²) >= 11 is 0. The minimum Gasteiger partial charge on any atom is -0.338 e. The fraction of sp³-hybridized carbons (Fsp3) is 0.786. The van der Waals surface area contributed by atoms with Gasteiger partial charge < -0.3 is 15.2 Å². The molecule has 1 saturated heterocycles. The highest BCUT2D eigenvalue weighted by molar-refractivity contribution is 4.92. The highest BCUT2D eigenvalue weighted by Gasteiger charge is 2.21. The maximum atomic E-state index is 5.82. The summed E-state index contributed by atoms with van der Waals surface area (Å²) in [6.07, 6.45) is 6.09. The smallest absolute Gasteiger partial charge is 0.109 e. The highest BCUT2D eigenvalue weighted by Crippen LogP contribution is 2.09. The van der Waals surface area contributed by atoms with Crippen LogP contribution in [0, 0.1) is 0 Å². The molecule has 1 aromatic heterocycles. The zero-order valence-electron chi connectivity index (χ0n) is 12.3. The van der Waals surface area contributed by atoms with Crippen molar-refractivity contribution in [2.24, 2.45) is 12.8 Å². The van der Waals surface area contributed by atoms with E-state index in [0.29, 0.717) is 6.04 Å². The van der Waals surface area contributed by atoms with Crippen molar-refractivity contribution >= 4 is 0 Å². The number of nitrogens with two attached hydrogens (primary N) is 1. The van der Waals surface area contributed by atoms with Crippen molar-refractivity contribution in [1.82, 2.24) is 19.4 Å². The maximum Gasteiger partial charge on any atom is 0.109 e. The van der Waals surface area contributed by atoms with E-state index in [-0.39, 0.29) is 0 Å². The normalized spacial score (nSPS) is 19.7. The van der Waals surface area contributed by atoms with Gasteiger partial charge in [-0.05, 0) is 6.42 Å². The number of hydrogen-bond acceptors (Lipinski definition) is 4. The molecule has 108 valence electrons. The van der Waals surface area contributed by atoms with Crippen LogP contribution in [0.25, 0.3) is 0 Å². The summed E-state index contributed by atoms with van der Waals surface area (Å²) in [6, 6.07) is 0.566. The Balaban J connectivity index is 1.73. The van der Waals surface area contributed by atoms with Crippen molar-refractivity contribution in [1.29, 1.82) is 0 Å². The standard InChI is InChI=1S/C14H27N5/c1-3-13(12-15)19-10-8-18(9-11-19)6-4-14-16-5-7-17(14)2/h5,7,13H,3-4,6,8-12,15H2,1-2H3. The zero-order chi connectivity index (χ0) is 13.7. The molecule has 1 atom stereocenters.